The van der Waals surface area contributed by atoms with Crippen LogP contribution >= 0.6 is 0 Å². The Labute approximate surface area is 182 Å². The molecule has 1 N–H and O–H groups in total. The van der Waals surface area contributed by atoms with Crippen LogP contribution in [0.4, 0.5) is 0 Å². The lowest BCUT2D eigenvalue weighted by molar-refractivity contribution is -0.146. The smallest absolute Gasteiger partial charge is 0.310 e. The second-order valence-electron chi connectivity index (χ2n) is 12.5. The topological polar surface area (TPSA) is 38.3 Å². The van der Waals surface area contributed by atoms with Crippen LogP contribution in [-0.2, 0) is 9.53 Å². The van der Waals surface area contributed by atoms with E-state index in [0.29, 0.717) is 23.3 Å². The van der Waals surface area contributed by atoms with Crippen LogP contribution in [0, 0.1) is 52.8 Å². The molecule has 6 aliphatic rings. The lowest BCUT2D eigenvalue weighted by atomic mass is 9.55. The van der Waals surface area contributed by atoms with E-state index in [1.54, 1.807) is 0 Å². The highest BCUT2D eigenvalue weighted by Gasteiger charge is 2.56. The van der Waals surface area contributed by atoms with Crippen molar-refractivity contribution in [2.75, 3.05) is 6.54 Å². The molecule has 1 saturated heterocycles. The van der Waals surface area contributed by atoms with Crippen molar-refractivity contribution in [2.45, 2.75) is 90.2 Å². The van der Waals surface area contributed by atoms with Crippen molar-refractivity contribution in [3.05, 3.63) is 12.2 Å². The molecule has 1 aliphatic heterocycles. The number of hydrogen-bond donors (Lipinski definition) is 1. The molecule has 0 radical (unpaired) electrons. The maximum Gasteiger partial charge on any atom is 0.310 e. The van der Waals surface area contributed by atoms with E-state index < -0.39 is 0 Å². The van der Waals surface area contributed by atoms with Crippen LogP contribution in [0.5, 0.6) is 0 Å². The summed E-state index contributed by atoms with van der Waals surface area (Å²) in [6.07, 6.45) is 13.4. The summed E-state index contributed by atoms with van der Waals surface area (Å²) in [6, 6.07) is 0.534. The van der Waals surface area contributed by atoms with Gasteiger partial charge in [0, 0.05) is 18.5 Å². The molecule has 0 aromatic carbocycles. The van der Waals surface area contributed by atoms with Gasteiger partial charge >= 0.3 is 5.97 Å². The van der Waals surface area contributed by atoms with Crippen LogP contribution in [0.25, 0.3) is 0 Å². The zero-order valence-corrected chi connectivity index (χ0v) is 19.1. The minimum absolute atomic E-state index is 0.0498. The molecule has 3 bridgehead atoms. The quantitative estimate of drug-likeness (QED) is 0.500. The highest BCUT2D eigenvalue weighted by atomic mass is 16.6. The van der Waals surface area contributed by atoms with Crippen LogP contribution in [0.3, 0.4) is 0 Å². The first-order valence-electron chi connectivity index (χ1n) is 13.0. The molecule has 5 aliphatic carbocycles. The van der Waals surface area contributed by atoms with Crippen LogP contribution in [0.1, 0.15) is 78.1 Å². The van der Waals surface area contributed by atoms with Gasteiger partial charge in [-0.2, -0.15) is 0 Å². The van der Waals surface area contributed by atoms with Gasteiger partial charge in [-0.05, 0) is 112 Å². The number of carbonyl (C=O) groups is 1. The van der Waals surface area contributed by atoms with Gasteiger partial charge in [0.05, 0.1) is 5.92 Å². The summed E-state index contributed by atoms with van der Waals surface area (Å²) in [5.74, 6) is 5.85. The Balaban J connectivity index is 1.13. The number of nitrogens with one attached hydrogen (secondary N) is 1. The molecule has 30 heavy (non-hydrogen) atoms. The SMILES string of the molecule is C=C1CCC[C@]2(C)C[C@H]3OC(=O)[C@H](CN[C@@H](C)[C@H]4[C@@H]5CC[C@H]6C[C@@H](C5)C[C@@H]64)[C@H]3C[C@H]12. The van der Waals surface area contributed by atoms with Crippen molar-refractivity contribution < 1.29 is 9.53 Å². The summed E-state index contributed by atoms with van der Waals surface area (Å²) < 4.78 is 5.99. The zero-order valence-electron chi connectivity index (χ0n) is 19.1. The summed E-state index contributed by atoms with van der Waals surface area (Å²) in [6.45, 7) is 10.1. The summed E-state index contributed by atoms with van der Waals surface area (Å²) in [5.41, 5.74) is 1.74. The number of allylic oxidation sites excluding steroid dienone is 1. The van der Waals surface area contributed by atoms with Crippen molar-refractivity contribution in [2.24, 2.45) is 52.8 Å². The maximum absolute atomic E-state index is 12.9. The molecule has 11 atom stereocenters. The molecule has 3 heteroatoms. The van der Waals surface area contributed by atoms with Gasteiger partial charge in [-0.25, -0.2) is 0 Å². The third-order valence-corrected chi connectivity index (χ3v) is 11.0. The average molecular weight is 412 g/mol. The maximum atomic E-state index is 12.9. The Kier molecular flexibility index (Phi) is 4.68. The van der Waals surface area contributed by atoms with Gasteiger partial charge in [-0.3, -0.25) is 4.79 Å². The van der Waals surface area contributed by atoms with Crippen molar-refractivity contribution in [3.63, 3.8) is 0 Å². The molecular weight excluding hydrogens is 370 g/mol. The first-order chi connectivity index (χ1) is 14.4. The van der Waals surface area contributed by atoms with Crippen molar-refractivity contribution in [1.29, 1.82) is 0 Å². The van der Waals surface area contributed by atoms with Crippen LogP contribution in [0.15, 0.2) is 12.2 Å². The molecule has 6 fully saturated rings. The molecule has 0 unspecified atom stereocenters. The van der Waals surface area contributed by atoms with Gasteiger partial charge in [0.1, 0.15) is 6.10 Å². The van der Waals surface area contributed by atoms with Crippen molar-refractivity contribution >= 4 is 5.97 Å². The fraction of sp³-hybridized carbons (Fsp3) is 0.889. The highest BCUT2D eigenvalue weighted by molar-refractivity contribution is 5.75. The van der Waals surface area contributed by atoms with Gasteiger partial charge in [-0.1, -0.05) is 19.1 Å². The first kappa shape index (κ1) is 19.8. The minimum atomic E-state index is 0.0498. The number of rotatable bonds is 4. The van der Waals surface area contributed by atoms with Gasteiger partial charge in [0.25, 0.3) is 0 Å². The molecule has 6 rings (SSSR count). The Bertz CT molecular complexity index is 732. The van der Waals surface area contributed by atoms with E-state index in [1.165, 1.54) is 56.9 Å². The summed E-state index contributed by atoms with van der Waals surface area (Å²) in [4.78, 5) is 12.9. The number of hydrogen-bond acceptors (Lipinski definition) is 3. The van der Waals surface area contributed by atoms with Crippen LogP contribution < -0.4 is 5.32 Å². The third-order valence-electron chi connectivity index (χ3n) is 11.0. The van der Waals surface area contributed by atoms with Gasteiger partial charge < -0.3 is 10.1 Å². The third kappa shape index (κ3) is 2.97. The van der Waals surface area contributed by atoms with Crippen molar-refractivity contribution in [1.82, 2.24) is 5.32 Å². The molecule has 0 aromatic rings. The molecule has 3 nitrogen and oxygen atoms in total. The first-order valence-corrected chi connectivity index (χ1v) is 13.0. The second-order valence-corrected chi connectivity index (χ2v) is 12.5. The molecule has 5 saturated carbocycles. The molecule has 0 spiro atoms. The zero-order chi connectivity index (χ0) is 20.6. The summed E-state index contributed by atoms with van der Waals surface area (Å²) >= 11 is 0. The molecule has 0 amide bonds. The fourth-order valence-electron chi connectivity index (χ4n) is 9.66. The number of ether oxygens (including phenoxy) is 1. The van der Waals surface area contributed by atoms with E-state index in [9.17, 15) is 4.79 Å². The Morgan fingerprint density at radius 1 is 1.17 bits per heavy atom. The summed E-state index contributed by atoms with van der Waals surface area (Å²) in [7, 11) is 0. The van der Waals surface area contributed by atoms with Gasteiger partial charge in [0.15, 0.2) is 0 Å². The van der Waals surface area contributed by atoms with Crippen LogP contribution in [0.2, 0.25) is 0 Å². The molecule has 0 aromatic heterocycles. The van der Waals surface area contributed by atoms with E-state index in [-0.39, 0.29) is 18.0 Å². The van der Waals surface area contributed by atoms with E-state index in [0.717, 1.165) is 49.0 Å². The van der Waals surface area contributed by atoms with Crippen molar-refractivity contribution in [3.8, 4) is 0 Å². The number of carbonyl (C=O) groups excluding carboxylic acids is 1. The minimum Gasteiger partial charge on any atom is -0.462 e. The molecule has 166 valence electrons. The van der Waals surface area contributed by atoms with Gasteiger partial charge in [0.2, 0.25) is 0 Å². The molecular formula is C27H41NO2. The van der Waals surface area contributed by atoms with E-state index in [1.807, 2.05) is 0 Å². The second kappa shape index (κ2) is 7.09. The lowest BCUT2D eigenvalue weighted by Crippen LogP contribution is -2.49. The lowest BCUT2D eigenvalue weighted by Gasteiger charge is -2.50. The largest absolute Gasteiger partial charge is 0.462 e. The van der Waals surface area contributed by atoms with E-state index in [4.69, 9.17) is 4.74 Å². The van der Waals surface area contributed by atoms with Gasteiger partial charge in [-0.15, -0.1) is 0 Å². The number of esters is 1. The monoisotopic (exact) mass is 411 g/mol. The standard InChI is InChI=1S/C27H41NO2/c1-15-5-4-8-27(3)13-24-21(12-23(15)27)22(26(29)30-24)14-28-16(2)25-19-7-6-18-9-17(10-19)11-20(18)25/h16-25,28H,1,4-14H2,2-3H3/t16-,17-,18-,19+,20-,21+,22+,23+,24+,25-,27+/m0/s1. The summed E-state index contributed by atoms with van der Waals surface area (Å²) in [5, 5.41) is 3.89. The Morgan fingerprint density at radius 3 is 2.83 bits per heavy atom. The highest BCUT2D eigenvalue weighted by Crippen LogP contribution is 2.59. The average Bonchev–Trinajstić information content (AvgIpc) is 3.10. The Morgan fingerprint density at radius 2 is 1.97 bits per heavy atom. The fourth-order valence-corrected chi connectivity index (χ4v) is 9.66. The predicted octanol–water partition coefficient (Wildman–Crippen LogP) is 5.35. The van der Waals surface area contributed by atoms with E-state index >= 15 is 0 Å². The predicted molar refractivity (Wildman–Crippen MR) is 119 cm³/mol. The van der Waals surface area contributed by atoms with E-state index in [2.05, 4.69) is 25.7 Å². The number of fused-ring (bicyclic) bond motifs is 4. The Hall–Kier alpha value is -0.830. The molecule has 1 heterocycles. The van der Waals surface area contributed by atoms with Crippen LogP contribution in [-0.4, -0.2) is 24.7 Å². The normalized spacial score (nSPS) is 52.7.